The molecule has 1 fully saturated rings. The number of amides is 2. The molecule has 12 heteroatoms. The summed E-state index contributed by atoms with van der Waals surface area (Å²) in [4.78, 5) is 28.1. The van der Waals surface area contributed by atoms with Crippen molar-refractivity contribution in [3.05, 3.63) is 53.3 Å². The Morgan fingerprint density at radius 1 is 1.33 bits per heavy atom. The number of aromatic nitrogens is 1. The molecule has 0 bridgehead atoms. The minimum Gasteiger partial charge on any atom is -0.493 e. The molecule has 0 aliphatic carbocycles. The highest BCUT2D eigenvalue weighted by atomic mass is 19.4. The van der Waals surface area contributed by atoms with Crippen LogP contribution in [0.4, 0.5) is 27.6 Å². The van der Waals surface area contributed by atoms with Crippen molar-refractivity contribution in [2.45, 2.75) is 37.6 Å². The van der Waals surface area contributed by atoms with Crippen LogP contribution in [0.2, 0.25) is 0 Å². The Hall–Kier alpha value is -3.28. The van der Waals surface area contributed by atoms with Crippen LogP contribution < -0.4 is 15.8 Å². The molecule has 0 radical (unpaired) electrons. The molecule has 7 nitrogen and oxygen atoms in total. The number of hydrogen-bond donors (Lipinski definition) is 2. The van der Waals surface area contributed by atoms with E-state index in [2.05, 4.69) is 10.3 Å². The van der Waals surface area contributed by atoms with Crippen molar-refractivity contribution in [2.24, 2.45) is 11.7 Å². The number of nitrogens with zero attached hydrogens (tertiary/aromatic N) is 1. The van der Waals surface area contributed by atoms with Crippen LogP contribution in [0.5, 0.6) is 5.75 Å². The van der Waals surface area contributed by atoms with E-state index in [4.69, 9.17) is 16.6 Å². The van der Waals surface area contributed by atoms with Gasteiger partial charge in [0, 0.05) is 29.3 Å². The molecule has 4 atom stereocenters. The Bertz CT molecular complexity index is 1150. The van der Waals surface area contributed by atoms with Gasteiger partial charge in [0.2, 0.25) is 5.82 Å². The van der Waals surface area contributed by atoms with Crippen LogP contribution >= 0.6 is 0 Å². The Balaban J connectivity index is 2.10. The lowest BCUT2D eigenvalue weighted by atomic mass is 9.77. The fraction of sp³-hybridized carbons (Fsp3) is 0.381. The predicted molar refractivity (Wildman–Crippen MR) is 106 cm³/mol. The highest BCUT2D eigenvalue weighted by Gasteiger charge is 2.65. The number of methoxy groups -OCH3 is 1. The van der Waals surface area contributed by atoms with E-state index in [1.54, 1.807) is 0 Å². The lowest BCUT2D eigenvalue weighted by molar-refractivity contribution is -0.272. The van der Waals surface area contributed by atoms with Gasteiger partial charge in [0.1, 0.15) is 11.8 Å². The van der Waals surface area contributed by atoms with Crippen molar-refractivity contribution in [3.8, 4) is 5.75 Å². The van der Waals surface area contributed by atoms with Crippen LogP contribution in [-0.2, 0) is 9.53 Å². The van der Waals surface area contributed by atoms with Gasteiger partial charge >= 0.3 is 6.18 Å². The fourth-order valence-corrected chi connectivity index (χ4v) is 3.84. The van der Waals surface area contributed by atoms with Gasteiger partial charge in [-0.3, -0.25) is 14.6 Å². The van der Waals surface area contributed by atoms with Crippen LogP contribution in [-0.4, -0.2) is 41.8 Å². The molecule has 2 aromatic rings. The molecule has 0 unspecified atom stereocenters. The topological polar surface area (TPSA) is 104 Å². The van der Waals surface area contributed by atoms with Crippen molar-refractivity contribution >= 4 is 17.5 Å². The summed E-state index contributed by atoms with van der Waals surface area (Å²) in [6.45, 7) is 1.91. The third-order valence-electron chi connectivity index (χ3n) is 5.79. The van der Waals surface area contributed by atoms with Gasteiger partial charge in [-0.05, 0) is 25.1 Å². The molecule has 2 heterocycles. The zero-order valence-corrected chi connectivity index (χ0v) is 17.6. The quantitative estimate of drug-likeness (QED) is 0.646. The number of rotatable bonds is 5. The molecule has 1 aliphatic rings. The first-order chi connectivity index (χ1) is 15.7. The third kappa shape index (κ3) is 4.22. The van der Waals surface area contributed by atoms with Crippen molar-refractivity contribution in [2.75, 3.05) is 12.4 Å². The normalized spacial score (nSPS) is 25.5. The first-order valence-electron chi connectivity index (χ1n) is 10.1. The second kappa shape index (κ2) is 8.58. The minimum absolute atomic E-state index is 0.208. The van der Waals surface area contributed by atoms with E-state index in [9.17, 15) is 31.5 Å². The summed E-state index contributed by atoms with van der Waals surface area (Å²) in [7, 11) is 1.01. The van der Waals surface area contributed by atoms with Gasteiger partial charge in [-0.1, -0.05) is 13.0 Å². The molecule has 0 saturated carbocycles. The van der Waals surface area contributed by atoms with Gasteiger partial charge in [-0.15, -0.1) is 0 Å². The van der Waals surface area contributed by atoms with E-state index in [-0.39, 0.29) is 23.0 Å². The average Bonchev–Trinajstić information content (AvgIpc) is 3.03. The number of hydrogen-bond acceptors (Lipinski definition) is 5. The van der Waals surface area contributed by atoms with Gasteiger partial charge in [0.05, 0.1) is 8.48 Å². The van der Waals surface area contributed by atoms with Crippen molar-refractivity contribution in [1.82, 2.24) is 4.98 Å². The summed E-state index contributed by atoms with van der Waals surface area (Å²) in [6, 6.07) is 2.36. The van der Waals surface area contributed by atoms with Gasteiger partial charge in [0.25, 0.3) is 11.8 Å². The predicted octanol–water partition coefficient (Wildman–Crippen LogP) is 3.55. The zero-order valence-electron chi connectivity index (χ0n) is 18.6. The third-order valence-corrected chi connectivity index (χ3v) is 5.79. The van der Waals surface area contributed by atoms with Crippen molar-refractivity contribution in [1.29, 1.82) is 0 Å². The van der Waals surface area contributed by atoms with E-state index in [0.29, 0.717) is 6.07 Å². The second-order valence-electron chi connectivity index (χ2n) is 7.64. The first-order valence-corrected chi connectivity index (χ1v) is 9.56. The number of nitrogens with one attached hydrogen (secondary N) is 1. The number of ether oxygens (including phenoxy) is 2. The second-order valence-corrected chi connectivity index (χ2v) is 7.64. The fourth-order valence-electron chi connectivity index (χ4n) is 3.84. The molecular weight excluding hydrogens is 453 g/mol. The molecule has 1 aromatic heterocycles. The SMILES string of the molecule is [2H]c1cnc(C(N)=O)cc1NC(=O)[C@@H]1O[C@](C)(C(F)(F)F)[C@H](C)[C@H]1c1ccc(F)c(F)c1OC. The lowest BCUT2D eigenvalue weighted by Gasteiger charge is -2.32. The molecular formula is C21H20F5N3O4. The highest BCUT2D eigenvalue weighted by Crippen LogP contribution is 2.55. The molecule has 1 aromatic carbocycles. The number of pyridine rings is 1. The number of benzene rings is 1. The number of carbonyl (C=O) groups excluding carboxylic acids is 2. The monoisotopic (exact) mass is 474 g/mol. The van der Waals surface area contributed by atoms with Gasteiger partial charge < -0.3 is 20.5 Å². The molecule has 3 rings (SSSR count). The van der Waals surface area contributed by atoms with Gasteiger partial charge in [0.15, 0.2) is 17.2 Å². The standard InChI is InChI=1S/C21H20F5N3O4/c1-9-14(11-4-5-12(22)15(23)16(11)32-3)17(33-20(9,2)21(24,25)26)19(31)29-10-6-7-28-13(8-10)18(27)30/h4-9,14,17H,1-3H3,(H2,27,30)(H,28,29,31)/t9-,14+,17-,20+/m1/s1/i6D. The van der Waals surface area contributed by atoms with E-state index in [1.807, 2.05) is 0 Å². The first kappa shape index (κ1) is 22.9. The molecule has 0 spiro atoms. The van der Waals surface area contributed by atoms with Gasteiger partial charge in [-0.25, -0.2) is 4.39 Å². The maximum atomic E-state index is 14.4. The van der Waals surface area contributed by atoms with Crippen LogP contribution in [0, 0.1) is 17.6 Å². The summed E-state index contributed by atoms with van der Waals surface area (Å²) >= 11 is 0. The summed E-state index contributed by atoms with van der Waals surface area (Å²) in [6.07, 6.45) is -5.87. The van der Waals surface area contributed by atoms with Crippen LogP contribution in [0.1, 0.15) is 37.2 Å². The highest BCUT2D eigenvalue weighted by molar-refractivity contribution is 5.97. The molecule has 3 N–H and O–H groups in total. The lowest BCUT2D eigenvalue weighted by Crippen LogP contribution is -2.47. The Morgan fingerprint density at radius 2 is 2.00 bits per heavy atom. The number of primary amides is 1. The zero-order chi connectivity index (χ0) is 25.6. The molecule has 178 valence electrons. The maximum Gasteiger partial charge on any atom is 0.417 e. The van der Waals surface area contributed by atoms with E-state index >= 15 is 0 Å². The average molecular weight is 474 g/mol. The summed E-state index contributed by atoms with van der Waals surface area (Å²) < 4.78 is 88.0. The summed E-state index contributed by atoms with van der Waals surface area (Å²) in [5.41, 5.74) is 1.53. The van der Waals surface area contributed by atoms with E-state index in [0.717, 1.165) is 32.4 Å². The van der Waals surface area contributed by atoms with Crippen LogP contribution in [0.15, 0.2) is 30.4 Å². The Kier molecular flexibility index (Phi) is 5.95. The number of alkyl halides is 3. The van der Waals surface area contributed by atoms with Crippen LogP contribution in [0.25, 0.3) is 0 Å². The maximum absolute atomic E-state index is 14.4. The summed E-state index contributed by atoms with van der Waals surface area (Å²) in [5.74, 6) is -8.34. The number of carbonyl (C=O) groups is 2. The number of anilines is 1. The summed E-state index contributed by atoms with van der Waals surface area (Å²) in [5, 5.41) is 2.25. The minimum atomic E-state index is -4.93. The van der Waals surface area contributed by atoms with E-state index in [1.165, 1.54) is 6.92 Å². The van der Waals surface area contributed by atoms with Crippen LogP contribution in [0.3, 0.4) is 0 Å². The smallest absolute Gasteiger partial charge is 0.417 e. The molecule has 2 amide bonds. The number of halogens is 5. The Labute approximate surface area is 186 Å². The van der Waals surface area contributed by atoms with Crippen molar-refractivity contribution < 1.29 is 42.4 Å². The number of nitrogens with two attached hydrogens (primary N) is 1. The molecule has 1 aliphatic heterocycles. The molecule has 1 saturated heterocycles. The molecule has 33 heavy (non-hydrogen) atoms. The van der Waals surface area contributed by atoms with Crippen molar-refractivity contribution in [3.63, 3.8) is 0 Å². The van der Waals surface area contributed by atoms with Gasteiger partial charge in [-0.2, -0.15) is 17.6 Å². The largest absolute Gasteiger partial charge is 0.493 e. The van der Waals surface area contributed by atoms with E-state index < -0.39 is 58.9 Å². The Morgan fingerprint density at radius 3 is 2.58 bits per heavy atom.